The Bertz CT molecular complexity index is 482. The number of rotatable bonds is 6. The van der Waals surface area contributed by atoms with E-state index < -0.39 is 0 Å². The first kappa shape index (κ1) is 13.1. The molecule has 6 heteroatoms. The van der Waals surface area contributed by atoms with Gasteiger partial charge >= 0.3 is 6.03 Å². The van der Waals surface area contributed by atoms with Crippen molar-refractivity contribution in [3.05, 3.63) is 0 Å². The molecule has 4 rings (SSSR count). The molecule has 114 valence electrons. The normalized spacial score (nSPS) is 26.0. The molecule has 3 saturated carbocycles. The highest BCUT2D eigenvalue weighted by molar-refractivity contribution is 6.04. The molecule has 21 heavy (non-hydrogen) atoms. The number of urea groups is 1. The van der Waals surface area contributed by atoms with Crippen molar-refractivity contribution in [3.63, 3.8) is 0 Å². The van der Waals surface area contributed by atoms with Gasteiger partial charge in [0.05, 0.1) is 0 Å². The largest absolute Gasteiger partial charge is 0.351 e. The summed E-state index contributed by atoms with van der Waals surface area (Å²) in [6, 6.07) is 0.206. The van der Waals surface area contributed by atoms with Crippen LogP contribution in [0.4, 0.5) is 4.79 Å². The molecule has 0 bridgehead atoms. The van der Waals surface area contributed by atoms with Crippen molar-refractivity contribution < 1.29 is 14.4 Å². The van der Waals surface area contributed by atoms with Crippen LogP contribution >= 0.6 is 0 Å². The number of carbonyl (C=O) groups excluding carboxylic acids is 3. The van der Waals surface area contributed by atoms with Crippen LogP contribution in [0.1, 0.15) is 38.5 Å². The summed E-state index contributed by atoms with van der Waals surface area (Å²) in [4.78, 5) is 39.0. The fourth-order valence-electron chi connectivity index (χ4n) is 3.29. The van der Waals surface area contributed by atoms with Crippen LogP contribution < -0.4 is 5.32 Å². The van der Waals surface area contributed by atoms with E-state index in [0.717, 1.165) is 17.7 Å². The van der Waals surface area contributed by atoms with Crippen molar-refractivity contribution in [1.82, 2.24) is 15.1 Å². The van der Waals surface area contributed by atoms with Gasteiger partial charge in [-0.25, -0.2) is 4.79 Å². The summed E-state index contributed by atoms with van der Waals surface area (Å²) < 4.78 is 0. The molecule has 0 aromatic rings. The van der Waals surface area contributed by atoms with Crippen molar-refractivity contribution >= 4 is 17.8 Å². The molecule has 1 aliphatic heterocycles. The van der Waals surface area contributed by atoms with Gasteiger partial charge in [0.25, 0.3) is 5.91 Å². The highest BCUT2D eigenvalue weighted by Crippen LogP contribution is 2.44. The third-order valence-corrected chi connectivity index (χ3v) is 4.96. The smallest absolute Gasteiger partial charge is 0.327 e. The second-order valence-corrected chi connectivity index (χ2v) is 6.89. The standard InChI is InChI=1S/C15H21N3O3/c19-12(16-14(9-1-2-9)10-3-4-10)7-18-13(20)8-17(15(18)21)11-5-6-11/h9-11,14H,1-8H2,(H,16,19). The van der Waals surface area contributed by atoms with Crippen LogP contribution in [0.5, 0.6) is 0 Å². The molecule has 0 atom stereocenters. The topological polar surface area (TPSA) is 69.7 Å². The van der Waals surface area contributed by atoms with Crippen LogP contribution in [-0.2, 0) is 9.59 Å². The van der Waals surface area contributed by atoms with Crippen molar-refractivity contribution in [2.24, 2.45) is 11.8 Å². The second kappa shape index (κ2) is 4.71. The van der Waals surface area contributed by atoms with E-state index in [0.29, 0.717) is 11.8 Å². The number of amides is 4. The molecule has 4 fully saturated rings. The van der Waals surface area contributed by atoms with Crippen LogP contribution in [0, 0.1) is 11.8 Å². The van der Waals surface area contributed by atoms with Crippen molar-refractivity contribution in [3.8, 4) is 0 Å². The maximum atomic E-state index is 12.2. The van der Waals surface area contributed by atoms with Gasteiger partial charge in [-0.05, 0) is 50.4 Å². The molecule has 1 heterocycles. The highest BCUT2D eigenvalue weighted by atomic mass is 16.2. The van der Waals surface area contributed by atoms with E-state index >= 15 is 0 Å². The third-order valence-electron chi connectivity index (χ3n) is 4.96. The zero-order valence-corrected chi connectivity index (χ0v) is 12.1. The summed E-state index contributed by atoms with van der Waals surface area (Å²) >= 11 is 0. The lowest BCUT2D eigenvalue weighted by Gasteiger charge is -2.20. The zero-order chi connectivity index (χ0) is 14.6. The van der Waals surface area contributed by atoms with Gasteiger partial charge < -0.3 is 10.2 Å². The summed E-state index contributed by atoms with van der Waals surface area (Å²) in [6.45, 7) is 0.0300. The van der Waals surface area contributed by atoms with Crippen molar-refractivity contribution in [2.45, 2.75) is 50.6 Å². The van der Waals surface area contributed by atoms with Crippen LogP contribution in [0.25, 0.3) is 0 Å². The van der Waals surface area contributed by atoms with E-state index in [1.165, 1.54) is 25.7 Å². The quantitative estimate of drug-likeness (QED) is 0.733. The molecule has 0 aromatic carbocycles. The fourth-order valence-corrected chi connectivity index (χ4v) is 3.29. The highest BCUT2D eigenvalue weighted by Gasteiger charge is 2.45. The van der Waals surface area contributed by atoms with Gasteiger partial charge in [0.15, 0.2) is 0 Å². The molecule has 1 saturated heterocycles. The number of nitrogens with one attached hydrogen (secondary N) is 1. The lowest BCUT2D eigenvalue weighted by Crippen LogP contribution is -2.46. The van der Waals surface area contributed by atoms with Crippen LogP contribution in [-0.4, -0.2) is 52.8 Å². The first-order chi connectivity index (χ1) is 10.1. The predicted octanol–water partition coefficient (Wildman–Crippen LogP) is 0.718. The minimum Gasteiger partial charge on any atom is -0.351 e. The first-order valence-corrected chi connectivity index (χ1v) is 8.04. The minimum atomic E-state index is -0.285. The van der Waals surface area contributed by atoms with E-state index in [1.54, 1.807) is 4.90 Å². The molecule has 6 nitrogen and oxygen atoms in total. The lowest BCUT2D eigenvalue weighted by molar-refractivity contribution is -0.131. The average molecular weight is 291 g/mol. The SMILES string of the molecule is O=C(CN1C(=O)CN(C2CC2)C1=O)NC(C1CC1)C1CC1. The lowest BCUT2D eigenvalue weighted by atomic mass is 10.1. The Morgan fingerprint density at radius 2 is 1.71 bits per heavy atom. The first-order valence-electron chi connectivity index (χ1n) is 8.04. The number of carbonyl (C=O) groups is 3. The Labute approximate surface area is 123 Å². The van der Waals surface area contributed by atoms with Crippen LogP contribution in [0.15, 0.2) is 0 Å². The molecular formula is C15H21N3O3. The van der Waals surface area contributed by atoms with E-state index in [9.17, 15) is 14.4 Å². The molecule has 0 spiro atoms. The Hall–Kier alpha value is -1.59. The van der Waals surface area contributed by atoms with Crippen molar-refractivity contribution in [2.75, 3.05) is 13.1 Å². The minimum absolute atomic E-state index is 0.114. The van der Waals surface area contributed by atoms with E-state index in [4.69, 9.17) is 0 Å². The average Bonchev–Trinajstić information content (AvgIpc) is 3.32. The fraction of sp³-hybridized carbons (Fsp3) is 0.800. The zero-order valence-electron chi connectivity index (χ0n) is 12.1. The summed E-state index contributed by atoms with van der Waals surface area (Å²) in [7, 11) is 0. The Morgan fingerprint density at radius 1 is 1.10 bits per heavy atom. The van der Waals surface area contributed by atoms with Crippen LogP contribution in [0.3, 0.4) is 0 Å². The Kier molecular flexibility index (Phi) is 2.94. The molecular weight excluding hydrogens is 270 g/mol. The number of hydrogen-bond donors (Lipinski definition) is 1. The van der Waals surface area contributed by atoms with Gasteiger partial charge in [0.1, 0.15) is 13.1 Å². The maximum Gasteiger partial charge on any atom is 0.327 e. The van der Waals surface area contributed by atoms with Crippen LogP contribution in [0.2, 0.25) is 0 Å². The summed E-state index contributed by atoms with van der Waals surface area (Å²) in [5.41, 5.74) is 0. The van der Waals surface area contributed by atoms with Gasteiger partial charge in [-0.15, -0.1) is 0 Å². The molecule has 0 radical (unpaired) electrons. The van der Waals surface area contributed by atoms with E-state index in [1.807, 2.05) is 0 Å². The number of imide groups is 1. The Balaban J connectivity index is 1.35. The van der Waals surface area contributed by atoms with Gasteiger partial charge in [-0.2, -0.15) is 0 Å². The van der Waals surface area contributed by atoms with Gasteiger partial charge in [-0.1, -0.05) is 0 Å². The Morgan fingerprint density at radius 3 is 2.24 bits per heavy atom. The molecule has 1 N–H and O–H groups in total. The second-order valence-electron chi connectivity index (χ2n) is 6.89. The third kappa shape index (κ3) is 2.63. The summed E-state index contributed by atoms with van der Waals surface area (Å²) in [6.07, 6.45) is 6.73. The monoisotopic (exact) mass is 291 g/mol. The maximum absolute atomic E-state index is 12.2. The molecule has 0 unspecified atom stereocenters. The number of nitrogens with zero attached hydrogens (tertiary/aromatic N) is 2. The molecule has 4 aliphatic rings. The van der Waals surface area contributed by atoms with E-state index in [-0.39, 0.29) is 43.0 Å². The molecule has 0 aromatic heterocycles. The van der Waals surface area contributed by atoms with E-state index in [2.05, 4.69) is 5.32 Å². The predicted molar refractivity (Wildman–Crippen MR) is 74.2 cm³/mol. The van der Waals surface area contributed by atoms with Gasteiger partial charge in [0.2, 0.25) is 5.91 Å². The molecule has 3 aliphatic carbocycles. The van der Waals surface area contributed by atoms with Crippen molar-refractivity contribution in [1.29, 1.82) is 0 Å². The number of hydrogen-bond acceptors (Lipinski definition) is 3. The molecule has 4 amide bonds. The van der Waals surface area contributed by atoms with Gasteiger partial charge in [-0.3, -0.25) is 14.5 Å². The van der Waals surface area contributed by atoms with Gasteiger partial charge in [0, 0.05) is 12.1 Å². The summed E-state index contributed by atoms with van der Waals surface area (Å²) in [5.74, 6) is 0.818. The summed E-state index contributed by atoms with van der Waals surface area (Å²) in [5, 5.41) is 3.07.